The largest absolute Gasteiger partial charge is 2.00 e. The summed E-state index contributed by atoms with van der Waals surface area (Å²) in [4.78, 5) is 0. The summed E-state index contributed by atoms with van der Waals surface area (Å²) >= 11 is 0. The molecule has 0 saturated heterocycles. The molecule has 0 unspecified atom stereocenters. The second kappa shape index (κ2) is 9.12. The Kier molecular flexibility index (Phi) is 11.1. The summed E-state index contributed by atoms with van der Waals surface area (Å²) in [6.07, 6.45) is 0.675. The van der Waals surface area contributed by atoms with Crippen LogP contribution in [0.1, 0.15) is 12.0 Å². The molecule has 0 radical (unpaired) electrons. The Balaban J connectivity index is 0. The van der Waals surface area contributed by atoms with E-state index < -0.39 is 0 Å². The Morgan fingerprint density at radius 2 is 1.75 bits per heavy atom. The molecule has 0 atom stereocenters. The van der Waals surface area contributed by atoms with E-state index in [1.165, 1.54) is 0 Å². The quantitative estimate of drug-likeness (QED) is 0.303. The van der Waals surface area contributed by atoms with Crippen molar-refractivity contribution >= 4 is 23.1 Å². The van der Waals surface area contributed by atoms with Crippen LogP contribution in [0.15, 0.2) is 30.3 Å². The van der Waals surface area contributed by atoms with Crippen molar-refractivity contribution < 1.29 is 17.0 Å². The first-order valence-electron chi connectivity index (χ1n) is 3.26. The van der Waals surface area contributed by atoms with E-state index in [4.69, 9.17) is 0 Å². The van der Waals surface area contributed by atoms with Gasteiger partial charge in [0, 0.05) is 5.56 Å². The number of halogens is 1. The fourth-order valence-corrected chi connectivity index (χ4v) is 0.686. The fourth-order valence-electron chi connectivity index (χ4n) is 0.686. The van der Waals surface area contributed by atoms with Crippen LogP contribution in [0.3, 0.4) is 0 Å². The third kappa shape index (κ3) is 5.65. The third-order valence-electron chi connectivity index (χ3n) is 1.13. The van der Waals surface area contributed by atoms with Gasteiger partial charge in [-0.3, -0.25) is 0 Å². The van der Waals surface area contributed by atoms with Crippen molar-refractivity contribution in [1.29, 1.82) is 0 Å². The molecule has 0 N–H and O–H groups in total. The van der Waals surface area contributed by atoms with Gasteiger partial charge in [0.1, 0.15) is 0 Å². The minimum atomic E-state index is 0. The zero-order chi connectivity index (χ0) is 7.23. The molecule has 0 aliphatic rings. The molecule has 0 amide bonds. The van der Waals surface area contributed by atoms with Gasteiger partial charge in [0.25, 0.3) is 0 Å². The van der Waals surface area contributed by atoms with Gasteiger partial charge in [0.15, 0.2) is 0 Å². The van der Waals surface area contributed by atoms with Crippen LogP contribution in [-0.2, 0) is 0 Å². The Bertz CT molecular complexity index is 246. The predicted molar refractivity (Wildman–Crippen MR) is 49.0 cm³/mol. The number of hydrogen-bond acceptors (Lipinski definition) is 0. The maximum atomic E-state index is 3.63. The van der Waals surface area contributed by atoms with Gasteiger partial charge in [0.2, 0.25) is 0 Å². The van der Waals surface area contributed by atoms with Crippen molar-refractivity contribution in [3.8, 4) is 11.8 Å². The second-order valence-electron chi connectivity index (χ2n) is 1.92. The molecule has 0 bridgehead atoms. The van der Waals surface area contributed by atoms with Gasteiger partial charge in [-0.1, -0.05) is 24.1 Å². The smallest absolute Gasteiger partial charge is 1.00 e. The van der Waals surface area contributed by atoms with Crippen LogP contribution in [-0.4, -0.2) is 23.1 Å². The van der Waals surface area contributed by atoms with Crippen LogP contribution in [0.25, 0.3) is 0 Å². The van der Waals surface area contributed by atoms with Crippen molar-refractivity contribution in [2.75, 3.05) is 0 Å². The van der Waals surface area contributed by atoms with E-state index in [1.807, 2.05) is 30.3 Å². The summed E-state index contributed by atoms with van der Waals surface area (Å²) in [5, 5.41) is 0. The van der Waals surface area contributed by atoms with E-state index in [1.54, 1.807) is 0 Å². The van der Waals surface area contributed by atoms with E-state index in [0.717, 1.165) is 5.56 Å². The molecule has 0 spiro atoms. The van der Waals surface area contributed by atoms with Crippen LogP contribution >= 0.6 is 0 Å². The summed E-state index contributed by atoms with van der Waals surface area (Å²) in [7, 11) is 0. The van der Waals surface area contributed by atoms with Crippen molar-refractivity contribution in [2.45, 2.75) is 6.42 Å². The van der Waals surface area contributed by atoms with Crippen molar-refractivity contribution in [2.24, 2.45) is 0 Å². The van der Waals surface area contributed by atoms with Gasteiger partial charge >= 0.3 is 23.1 Å². The van der Waals surface area contributed by atoms with Crippen molar-refractivity contribution in [3.63, 3.8) is 0 Å². The van der Waals surface area contributed by atoms with Gasteiger partial charge in [0.05, 0.1) is 0 Å². The average molecular weight is 233 g/mol. The molecular formula is C10H9BrMg. The topological polar surface area (TPSA) is 0 Å². The molecule has 0 aliphatic heterocycles. The molecule has 1 rings (SSSR count). The maximum absolute atomic E-state index is 3.63. The molecule has 0 saturated carbocycles. The van der Waals surface area contributed by atoms with E-state index in [2.05, 4.69) is 18.8 Å². The molecule has 12 heavy (non-hydrogen) atoms. The number of benzene rings is 1. The molecule has 58 valence electrons. The fraction of sp³-hybridized carbons (Fsp3) is 0.100. The first-order valence-corrected chi connectivity index (χ1v) is 3.26. The minimum absolute atomic E-state index is 0. The predicted octanol–water partition coefficient (Wildman–Crippen LogP) is -1.11. The van der Waals surface area contributed by atoms with Crippen LogP contribution in [0.4, 0.5) is 0 Å². The molecule has 0 nitrogen and oxygen atoms in total. The minimum Gasteiger partial charge on any atom is -1.00 e. The van der Waals surface area contributed by atoms with Crippen molar-refractivity contribution in [3.05, 3.63) is 42.8 Å². The van der Waals surface area contributed by atoms with Crippen LogP contribution in [0, 0.1) is 18.8 Å². The summed E-state index contributed by atoms with van der Waals surface area (Å²) in [5.74, 6) is 5.89. The summed E-state index contributed by atoms with van der Waals surface area (Å²) in [6, 6.07) is 9.92. The first kappa shape index (κ1) is 14.5. The first-order chi connectivity index (χ1) is 4.93. The van der Waals surface area contributed by atoms with Gasteiger partial charge < -0.3 is 23.9 Å². The molecule has 1 aromatic rings. The van der Waals surface area contributed by atoms with E-state index in [-0.39, 0.29) is 40.0 Å². The summed E-state index contributed by atoms with van der Waals surface area (Å²) in [6.45, 7) is 3.63. The van der Waals surface area contributed by atoms with Gasteiger partial charge in [-0.15, -0.1) is 12.3 Å². The monoisotopic (exact) mass is 232 g/mol. The zero-order valence-electron chi connectivity index (χ0n) is 6.89. The maximum Gasteiger partial charge on any atom is 2.00 e. The third-order valence-corrected chi connectivity index (χ3v) is 1.13. The Labute approximate surface area is 101 Å². The van der Waals surface area contributed by atoms with Crippen LogP contribution in [0.5, 0.6) is 0 Å². The molecule has 0 heterocycles. The Morgan fingerprint density at radius 1 is 1.17 bits per heavy atom. The van der Waals surface area contributed by atoms with Gasteiger partial charge in [-0.05, 0) is 12.1 Å². The SMILES string of the molecule is [Br-].[CH2-]CC#Cc1ccccc1.[Mg+2]. The Morgan fingerprint density at radius 3 is 2.25 bits per heavy atom. The standard InChI is InChI=1S/C10H9.BrH.Mg/c1-2-3-7-10-8-5-4-6-9-10;;/h4-6,8-9H,1-2H2;1H;/q-1;;+2/p-1. The normalized spacial score (nSPS) is 6.75. The summed E-state index contributed by atoms with van der Waals surface area (Å²) in [5.41, 5.74) is 1.06. The van der Waals surface area contributed by atoms with Gasteiger partial charge in [-0.25, -0.2) is 0 Å². The zero-order valence-corrected chi connectivity index (χ0v) is 9.89. The van der Waals surface area contributed by atoms with E-state index in [9.17, 15) is 0 Å². The molecule has 1 aromatic carbocycles. The number of hydrogen-bond donors (Lipinski definition) is 0. The van der Waals surface area contributed by atoms with E-state index >= 15 is 0 Å². The van der Waals surface area contributed by atoms with Crippen LogP contribution < -0.4 is 17.0 Å². The van der Waals surface area contributed by atoms with Crippen molar-refractivity contribution in [1.82, 2.24) is 0 Å². The summed E-state index contributed by atoms with van der Waals surface area (Å²) < 4.78 is 0. The second-order valence-corrected chi connectivity index (χ2v) is 1.92. The molecule has 0 fully saturated rings. The molecule has 2 heteroatoms. The molecule has 0 aliphatic carbocycles. The average Bonchev–Trinajstić information content (AvgIpc) is 2.03. The molecule has 0 aromatic heterocycles. The van der Waals surface area contributed by atoms with Crippen LogP contribution in [0.2, 0.25) is 0 Å². The van der Waals surface area contributed by atoms with E-state index in [0.29, 0.717) is 6.42 Å². The molecular weight excluding hydrogens is 224 g/mol. The Hall–Kier alpha value is 0.0262. The van der Waals surface area contributed by atoms with Gasteiger partial charge in [-0.2, -0.15) is 0 Å². The number of rotatable bonds is 0.